The number of hydrogen-bond acceptors (Lipinski definition) is 7. The van der Waals surface area contributed by atoms with Crippen molar-refractivity contribution >= 4 is 44.7 Å². The molecule has 4 aromatic carbocycles. The number of carbonyl (C=O) groups excluding carboxylic acids is 2. The smallest absolute Gasteiger partial charge is 0.348 e. The van der Waals surface area contributed by atoms with Gasteiger partial charge >= 0.3 is 5.97 Å². The van der Waals surface area contributed by atoms with Gasteiger partial charge in [0.1, 0.15) is 39.9 Å². The van der Waals surface area contributed by atoms with Crippen molar-refractivity contribution in [1.82, 2.24) is 0 Å². The number of rotatable bonds is 6. The lowest BCUT2D eigenvalue weighted by Crippen LogP contribution is -2.09. The molecular formula is C32H21BrO7. The van der Waals surface area contributed by atoms with Gasteiger partial charge in [-0.05, 0) is 54.6 Å². The number of ketones is 1. The van der Waals surface area contributed by atoms with Crippen LogP contribution in [0.25, 0.3) is 28.4 Å². The van der Waals surface area contributed by atoms with E-state index < -0.39 is 5.97 Å². The maximum atomic E-state index is 13.6. The summed E-state index contributed by atoms with van der Waals surface area (Å²) in [4.78, 5) is 26.6. The quantitative estimate of drug-likeness (QED) is 0.113. The van der Waals surface area contributed by atoms with Gasteiger partial charge in [0, 0.05) is 27.1 Å². The van der Waals surface area contributed by atoms with Crippen molar-refractivity contribution in [3.63, 3.8) is 0 Å². The summed E-state index contributed by atoms with van der Waals surface area (Å²) in [6.07, 6.45) is 1.62. The van der Waals surface area contributed by atoms with E-state index in [1.807, 2.05) is 42.5 Å². The first-order valence-corrected chi connectivity index (χ1v) is 13.0. The first-order chi connectivity index (χ1) is 19.4. The van der Waals surface area contributed by atoms with Crippen molar-refractivity contribution in [3.8, 4) is 34.3 Å². The Morgan fingerprint density at radius 1 is 0.875 bits per heavy atom. The Bertz CT molecular complexity index is 1820. The van der Waals surface area contributed by atoms with Crippen LogP contribution in [0.3, 0.4) is 0 Å². The normalized spacial score (nSPS) is 13.3. The fourth-order valence-electron chi connectivity index (χ4n) is 4.55. The molecule has 6 rings (SSSR count). The summed E-state index contributed by atoms with van der Waals surface area (Å²) in [6, 6.07) is 24.7. The Morgan fingerprint density at radius 2 is 1.68 bits per heavy atom. The molecule has 2 heterocycles. The van der Waals surface area contributed by atoms with Crippen LogP contribution in [0.15, 0.2) is 99.6 Å². The summed E-state index contributed by atoms with van der Waals surface area (Å²) in [5.74, 6) is 1.29. The molecule has 7 nitrogen and oxygen atoms in total. The Hall–Kier alpha value is -4.82. The molecule has 0 fully saturated rings. The molecule has 5 aromatic rings. The molecule has 1 aromatic heterocycles. The molecule has 0 atom stereocenters. The fourth-order valence-corrected chi connectivity index (χ4v) is 4.93. The van der Waals surface area contributed by atoms with Crippen molar-refractivity contribution in [2.45, 2.75) is 0 Å². The monoisotopic (exact) mass is 596 g/mol. The minimum absolute atomic E-state index is 0.133. The number of furan rings is 1. The zero-order valence-corrected chi connectivity index (χ0v) is 23.0. The number of Topliss-reactive ketones (excluding diaryl/α,β-unsaturated/α-hetero) is 1. The van der Waals surface area contributed by atoms with E-state index in [0.717, 1.165) is 10.0 Å². The number of esters is 1. The fraction of sp³-hybridized carbons (Fsp3) is 0.0625. The highest BCUT2D eigenvalue weighted by Gasteiger charge is 2.29. The van der Waals surface area contributed by atoms with Gasteiger partial charge in [-0.25, -0.2) is 4.79 Å². The number of allylic oxidation sites excluding steroid dienone is 1. The van der Waals surface area contributed by atoms with Crippen LogP contribution in [0.5, 0.6) is 23.0 Å². The number of carbonyl (C=O) groups is 2. The summed E-state index contributed by atoms with van der Waals surface area (Å²) in [5.41, 5.74) is 2.55. The van der Waals surface area contributed by atoms with E-state index >= 15 is 0 Å². The van der Waals surface area contributed by atoms with Gasteiger partial charge < -0.3 is 23.4 Å². The Kier molecular flexibility index (Phi) is 6.61. The molecule has 198 valence electrons. The second-order valence-electron chi connectivity index (χ2n) is 8.91. The molecule has 40 heavy (non-hydrogen) atoms. The molecule has 0 N–H and O–H groups in total. The maximum absolute atomic E-state index is 13.6. The molecule has 0 saturated heterocycles. The van der Waals surface area contributed by atoms with Crippen LogP contribution in [-0.4, -0.2) is 26.0 Å². The predicted octanol–water partition coefficient (Wildman–Crippen LogP) is 7.71. The zero-order chi connectivity index (χ0) is 27.8. The van der Waals surface area contributed by atoms with Gasteiger partial charge in [-0.1, -0.05) is 46.3 Å². The summed E-state index contributed by atoms with van der Waals surface area (Å²) < 4.78 is 29.4. The minimum atomic E-state index is -0.621. The lowest BCUT2D eigenvalue weighted by Gasteiger charge is -2.07. The van der Waals surface area contributed by atoms with Crippen molar-refractivity contribution in [2.75, 3.05) is 14.2 Å². The van der Waals surface area contributed by atoms with E-state index in [4.69, 9.17) is 23.4 Å². The Labute approximate surface area is 237 Å². The third-order valence-corrected chi connectivity index (χ3v) is 6.96. The van der Waals surface area contributed by atoms with E-state index in [9.17, 15) is 9.59 Å². The zero-order valence-electron chi connectivity index (χ0n) is 21.4. The van der Waals surface area contributed by atoms with Gasteiger partial charge in [0.05, 0.1) is 19.8 Å². The third kappa shape index (κ3) is 4.63. The van der Waals surface area contributed by atoms with Crippen LogP contribution in [0, 0.1) is 0 Å². The molecule has 0 spiro atoms. The van der Waals surface area contributed by atoms with Crippen molar-refractivity contribution in [3.05, 3.63) is 112 Å². The third-order valence-electron chi connectivity index (χ3n) is 6.47. The predicted molar refractivity (Wildman–Crippen MR) is 153 cm³/mol. The molecule has 8 heteroatoms. The van der Waals surface area contributed by atoms with Gasteiger partial charge in [-0.2, -0.15) is 0 Å². The molecule has 0 unspecified atom stereocenters. The van der Waals surface area contributed by atoms with E-state index in [-0.39, 0.29) is 28.6 Å². The number of benzene rings is 4. The summed E-state index contributed by atoms with van der Waals surface area (Å²) >= 11 is 3.44. The molecular weight excluding hydrogens is 576 g/mol. The van der Waals surface area contributed by atoms with Gasteiger partial charge in [-0.15, -0.1) is 0 Å². The van der Waals surface area contributed by atoms with Crippen LogP contribution in [-0.2, 0) is 0 Å². The molecule has 1 aliphatic heterocycles. The van der Waals surface area contributed by atoms with Crippen molar-refractivity contribution in [1.29, 1.82) is 0 Å². The Morgan fingerprint density at radius 3 is 2.45 bits per heavy atom. The van der Waals surface area contributed by atoms with Crippen molar-refractivity contribution < 1.29 is 33.0 Å². The molecule has 0 aliphatic carbocycles. The summed E-state index contributed by atoms with van der Waals surface area (Å²) in [7, 11) is 3.11. The first-order valence-electron chi connectivity index (χ1n) is 12.2. The molecule has 0 saturated carbocycles. The SMILES string of the molecule is COc1ccc2oc(-c3ccccc3)c(C(=O)Oc3ccc4c(c3)OC(=Cc3cc(Br)ccc3OC)C4=O)c2c1. The van der Waals surface area contributed by atoms with E-state index in [1.54, 1.807) is 56.7 Å². The number of fused-ring (bicyclic) bond motifs is 2. The van der Waals surface area contributed by atoms with E-state index in [1.165, 1.54) is 6.07 Å². The van der Waals surface area contributed by atoms with Crippen LogP contribution in [0.1, 0.15) is 26.3 Å². The number of halogens is 1. The lowest BCUT2D eigenvalue weighted by atomic mass is 10.1. The minimum Gasteiger partial charge on any atom is -0.497 e. The van der Waals surface area contributed by atoms with Crippen LogP contribution in [0.4, 0.5) is 0 Å². The standard InChI is InChI=1S/C32H21BrO7/c1-36-21-10-13-26-24(16-21)29(31(40-26)18-6-4-3-5-7-18)32(35)38-22-9-11-23-27(17-22)39-28(30(23)34)15-19-14-20(33)8-12-25(19)37-2/h3-17H,1-2H3. The van der Waals surface area contributed by atoms with Gasteiger partial charge in [-0.3, -0.25) is 4.79 Å². The Balaban J connectivity index is 1.33. The van der Waals surface area contributed by atoms with Gasteiger partial charge in [0.15, 0.2) is 5.76 Å². The first kappa shape index (κ1) is 25.5. The molecule has 0 bridgehead atoms. The number of methoxy groups -OCH3 is 2. The average Bonchev–Trinajstić information content (AvgIpc) is 3.50. The maximum Gasteiger partial charge on any atom is 0.348 e. The topological polar surface area (TPSA) is 84.2 Å². The molecule has 0 radical (unpaired) electrons. The van der Waals surface area contributed by atoms with E-state index in [2.05, 4.69) is 15.9 Å². The largest absolute Gasteiger partial charge is 0.497 e. The second-order valence-corrected chi connectivity index (χ2v) is 9.82. The van der Waals surface area contributed by atoms with Crippen molar-refractivity contribution in [2.24, 2.45) is 0 Å². The highest BCUT2D eigenvalue weighted by Crippen LogP contribution is 2.39. The molecule has 1 aliphatic rings. The average molecular weight is 597 g/mol. The number of hydrogen-bond donors (Lipinski definition) is 0. The molecule has 0 amide bonds. The second kappa shape index (κ2) is 10.4. The van der Waals surface area contributed by atoms with Gasteiger partial charge in [0.2, 0.25) is 5.78 Å². The highest BCUT2D eigenvalue weighted by atomic mass is 79.9. The lowest BCUT2D eigenvalue weighted by molar-refractivity contribution is 0.0736. The van der Waals surface area contributed by atoms with E-state index in [0.29, 0.717) is 39.4 Å². The van der Waals surface area contributed by atoms with Crippen LogP contribution >= 0.6 is 15.9 Å². The highest BCUT2D eigenvalue weighted by molar-refractivity contribution is 9.10. The summed E-state index contributed by atoms with van der Waals surface area (Å²) in [6.45, 7) is 0. The summed E-state index contributed by atoms with van der Waals surface area (Å²) in [5, 5.41) is 0.559. The number of ether oxygens (including phenoxy) is 4. The van der Waals surface area contributed by atoms with Crippen LogP contribution in [0.2, 0.25) is 0 Å². The van der Waals surface area contributed by atoms with Gasteiger partial charge in [0.25, 0.3) is 0 Å². The van der Waals surface area contributed by atoms with Crippen LogP contribution < -0.4 is 18.9 Å².